The minimum atomic E-state index is -0.301. The molecule has 3 nitrogen and oxygen atoms in total. The van der Waals surface area contributed by atoms with Gasteiger partial charge in [-0.2, -0.15) is 0 Å². The summed E-state index contributed by atoms with van der Waals surface area (Å²) in [7, 11) is 0. The van der Waals surface area contributed by atoms with Gasteiger partial charge in [0.1, 0.15) is 11.2 Å². The summed E-state index contributed by atoms with van der Waals surface area (Å²) in [6.45, 7) is 24.8. The molecule has 320 valence electrons. The van der Waals surface area contributed by atoms with Crippen molar-refractivity contribution in [2.24, 2.45) is 0 Å². The molecule has 4 heterocycles. The molecule has 0 atom stereocenters. The lowest BCUT2D eigenvalue weighted by Crippen LogP contribution is -2.52. The molecule has 0 radical (unpaired) electrons. The molecule has 3 aliphatic carbocycles. The van der Waals surface area contributed by atoms with E-state index in [1.54, 1.807) is 0 Å². The number of hydrogen-bond donors (Lipinski definition) is 0. The molecule has 0 amide bonds. The first-order chi connectivity index (χ1) is 31.0. The van der Waals surface area contributed by atoms with Gasteiger partial charge in [-0.05, 0) is 139 Å². The Morgan fingerprint density at radius 2 is 1.14 bits per heavy atom. The van der Waals surface area contributed by atoms with E-state index in [2.05, 4.69) is 194 Å². The Kier molecular flexibility index (Phi) is 6.99. The quantitative estimate of drug-likeness (QED) is 0.154. The first-order valence-electron chi connectivity index (χ1n) is 24.3. The van der Waals surface area contributed by atoms with Gasteiger partial charge in [0.15, 0.2) is 0 Å². The molecular weight excluding hydrogens is 787 g/mol. The van der Waals surface area contributed by atoms with E-state index < -0.39 is 0 Å². The van der Waals surface area contributed by atoms with Gasteiger partial charge in [-0.25, -0.2) is 0 Å². The standard InChI is InChI=1S/C61H57BN2O/c1-57(2)26-27-58(3,4)44-30-35(23-24-42(44)57)63-54-41-31-45-46(60(7,8)29-28-59(45,5)6)33-43(41)61(9,10)56(54)62-52-40(32-49-51(55(52)63)38-18-13-14-21-48(38)65-49)37-19-15-20-39-50-36-17-12-11-16-34(36)22-25-47(50)64(62)53(37)39/h11-25,30-33H,26-29H2,1-10H3. The smallest absolute Gasteiger partial charge is 0.329 e. The first-order valence-corrected chi connectivity index (χ1v) is 24.3. The number of fused-ring (bicyclic) bond motifs is 16. The van der Waals surface area contributed by atoms with Crippen molar-refractivity contribution in [3.8, 4) is 11.1 Å². The number of nitrogens with zero attached hydrogens (tertiary/aromatic N) is 2. The summed E-state index contributed by atoms with van der Waals surface area (Å²) in [5, 5.41) is 7.64. The van der Waals surface area contributed by atoms with Gasteiger partial charge in [-0.3, -0.25) is 0 Å². The predicted octanol–water partition coefficient (Wildman–Crippen LogP) is 15.7. The van der Waals surface area contributed by atoms with Crippen LogP contribution in [0.5, 0.6) is 0 Å². The minimum absolute atomic E-state index is 0.0447. The van der Waals surface area contributed by atoms with Crippen LogP contribution in [0.15, 0.2) is 125 Å². The maximum Gasteiger partial charge on any atom is 0.329 e. The number of anilines is 2. The molecule has 9 aromatic rings. The topological polar surface area (TPSA) is 21.3 Å². The van der Waals surface area contributed by atoms with Crippen LogP contribution in [0.4, 0.5) is 11.4 Å². The van der Waals surface area contributed by atoms with E-state index in [-0.39, 0.29) is 33.9 Å². The van der Waals surface area contributed by atoms with E-state index >= 15 is 0 Å². The fourth-order valence-electron chi connectivity index (χ4n) is 14.1. The van der Waals surface area contributed by atoms with Crippen molar-refractivity contribution < 1.29 is 4.42 Å². The van der Waals surface area contributed by atoms with Crippen LogP contribution in [0.3, 0.4) is 0 Å². The third-order valence-electron chi connectivity index (χ3n) is 17.9. The highest BCUT2D eigenvalue weighted by molar-refractivity contribution is 6.86. The zero-order chi connectivity index (χ0) is 44.5. The number of benzene rings is 7. The van der Waals surface area contributed by atoms with Crippen molar-refractivity contribution in [2.75, 3.05) is 4.90 Å². The van der Waals surface area contributed by atoms with Crippen LogP contribution in [0.25, 0.3) is 71.3 Å². The molecule has 7 aromatic carbocycles. The SMILES string of the molecule is CC1(C)CCC(C)(C)c2cc(N3C4=C(B5c6c(cc7oc8ccccc8c7c63)-c3cccc6c7c8ccccc8ccc7n5c36)C(C)(C)c3cc5c(cc34)C(C)(C)CCC5(C)C)ccc21. The minimum Gasteiger partial charge on any atom is -0.456 e. The lowest BCUT2D eigenvalue weighted by molar-refractivity contribution is 0.331. The Bertz CT molecular complexity index is 3710. The summed E-state index contributed by atoms with van der Waals surface area (Å²) in [6.07, 6.45) is 4.72. The zero-order valence-electron chi connectivity index (χ0n) is 39.7. The van der Waals surface area contributed by atoms with Gasteiger partial charge >= 0.3 is 6.85 Å². The molecule has 0 N–H and O–H groups in total. The lowest BCUT2D eigenvalue weighted by Gasteiger charge is -2.45. The van der Waals surface area contributed by atoms with Crippen LogP contribution in [-0.4, -0.2) is 11.3 Å². The van der Waals surface area contributed by atoms with Gasteiger partial charge in [0.2, 0.25) is 0 Å². The van der Waals surface area contributed by atoms with Gasteiger partial charge in [-0.1, -0.05) is 148 Å². The molecule has 4 heteroatoms. The molecular formula is C61H57BN2O. The van der Waals surface area contributed by atoms with Gasteiger partial charge < -0.3 is 13.8 Å². The van der Waals surface area contributed by atoms with Gasteiger partial charge in [0, 0.05) is 55.1 Å². The van der Waals surface area contributed by atoms with Gasteiger partial charge in [0.25, 0.3) is 0 Å². The Balaban J connectivity index is 1.21. The molecule has 2 aliphatic heterocycles. The molecule has 0 unspecified atom stereocenters. The summed E-state index contributed by atoms with van der Waals surface area (Å²) in [6, 6.07) is 45.0. The average Bonchev–Trinajstić information content (AvgIpc) is 3.91. The number of hydrogen-bond acceptors (Lipinski definition) is 2. The first kappa shape index (κ1) is 38.3. The third-order valence-corrected chi connectivity index (χ3v) is 17.9. The Hall–Kier alpha value is -6.00. The van der Waals surface area contributed by atoms with Crippen LogP contribution in [0.1, 0.15) is 128 Å². The van der Waals surface area contributed by atoms with Crippen molar-refractivity contribution in [3.63, 3.8) is 0 Å². The summed E-state index contributed by atoms with van der Waals surface area (Å²) in [5.74, 6) is 0. The molecule has 5 aliphatic rings. The van der Waals surface area contributed by atoms with Gasteiger partial charge in [0.05, 0.1) is 11.1 Å². The molecule has 0 bridgehead atoms. The number of furan rings is 1. The summed E-state index contributed by atoms with van der Waals surface area (Å²) in [5.41, 5.74) is 22.7. The second kappa shape index (κ2) is 11.9. The largest absolute Gasteiger partial charge is 0.456 e. The lowest BCUT2D eigenvalue weighted by atomic mass is 9.40. The van der Waals surface area contributed by atoms with Crippen LogP contribution >= 0.6 is 0 Å². The average molecular weight is 845 g/mol. The van der Waals surface area contributed by atoms with Crippen molar-refractivity contribution in [1.82, 2.24) is 4.48 Å². The van der Waals surface area contributed by atoms with Crippen LogP contribution in [0, 0.1) is 0 Å². The van der Waals surface area contributed by atoms with Crippen LogP contribution in [-0.2, 0) is 27.1 Å². The van der Waals surface area contributed by atoms with Crippen molar-refractivity contribution in [3.05, 3.63) is 154 Å². The Morgan fingerprint density at radius 3 is 1.89 bits per heavy atom. The van der Waals surface area contributed by atoms with Crippen molar-refractivity contribution in [1.29, 1.82) is 0 Å². The summed E-state index contributed by atoms with van der Waals surface area (Å²) < 4.78 is 9.84. The molecule has 0 spiro atoms. The van der Waals surface area contributed by atoms with Crippen molar-refractivity contribution in [2.45, 2.75) is 122 Å². The fraction of sp³-hybridized carbons (Fsp3) is 0.311. The fourth-order valence-corrected chi connectivity index (χ4v) is 14.1. The van der Waals surface area contributed by atoms with Crippen LogP contribution in [0.2, 0.25) is 0 Å². The van der Waals surface area contributed by atoms with Crippen molar-refractivity contribution >= 4 is 83.9 Å². The van der Waals surface area contributed by atoms with Gasteiger partial charge in [-0.15, -0.1) is 0 Å². The van der Waals surface area contributed by atoms with E-state index in [1.807, 2.05) is 0 Å². The molecule has 0 fully saturated rings. The summed E-state index contributed by atoms with van der Waals surface area (Å²) in [4.78, 5) is 2.76. The maximum absolute atomic E-state index is 7.05. The molecule has 2 aromatic heterocycles. The number of rotatable bonds is 1. The van der Waals surface area contributed by atoms with E-state index in [4.69, 9.17) is 4.42 Å². The van der Waals surface area contributed by atoms with Crippen LogP contribution < -0.4 is 10.4 Å². The molecule has 0 saturated heterocycles. The molecule has 14 rings (SSSR count). The van der Waals surface area contributed by atoms with E-state index in [9.17, 15) is 0 Å². The zero-order valence-corrected chi connectivity index (χ0v) is 39.7. The summed E-state index contributed by atoms with van der Waals surface area (Å²) >= 11 is 0. The molecule has 65 heavy (non-hydrogen) atoms. The monoisotopic (exact) mass is 844 g/mol. The third kappa shape index (κ3) is 4.64. The number of allylic oxidation sites excluding steroid dienone is 1. The van der Waals surface area contributed by atoms with E-state index in [1.165, 1.54) is 142 Å². The highest BCUT2D eigenvalue weighted by Crippen LogP contribution is 2.61. The highest BCUT2D eigenvalue weighted by Gasteiger charge is 2.55. The molecule has 0 saturated carbocycles. The Labute approximate surface area is 383 Å². The second-order valence-corrected chi connectivity index (χ2v) is 23.7. The van der Waals surface area contributed by atoms with E-state index in [0.29, 0.717) is 0 Å². The highest BCUT2D eigenvalue weighted by atomic mass is 16.3. The predicted molar refractivity (Wildman–Crippen MR) is 276 cm³/mol. The number of aromatic nitrogens is 1. The normalized spacial score (nSPS) is 20.1. The maximum atomic E-state index is 7.05. The second-order valence-electron chi connectivity index (χ2n) is 23.7. The Morgan fingerprint density at radius 1 is 0.492 bits per heavy atom. The number of para-hydroxylation sites is 2. The van der Waals surface area contributed by atoms with E-state index in [0.717, 1.165) is 11.2 Å².